The van der Waals surface area contributed by atoms with Crippen molar-refractivity contribution in [2.75, 3.05) is 0 Å². The van der Waals surface area contributed by atoms with E-state index in [-0.39, 0.29) is 5.46 Å². The van der Waals surface area contributed by atoms with E-state index < -0.39 is 7.12 Å². The summed E-state index contributed by atoms with van der Waals surface area (Å²) in [6.45, 7) is 0. The topological polar surface area (TPSA) is 57.5 Å². The van der Waals surface area contributed by atoms with Crippen LogP contribution in [0.25, 0.3) is 11.1 Å². The molecule has 3 nitrogen and oxygen atoms in total. The number of carbonyl (C=O) groups is 1. The predicted octanol–water partition coefficient (Wildman–Crippen LogP) is 0.846. The van der Waals surface area contributed by atoms with E-state index in [1.165, 1.54) is 0 Å². The second-order valence-electron chi connectivity index (χ2n) is 3.70. The molecule has 0 bridgehead atoms. The molecule has 0 aromatic heterocycles. The van der Waals surface area contributed by atoms with Crippen LogP contribution in [0.1, 0.15) is 10.4 Å². The maximum atomic E-state index is 10.8. The Bertz CT molecular complexity index is 523. The SMILES string of the molecule is O=Cc1ccc(-c2ccccc2)cc1B(O)O. The predicted molar refractivity (Wildman–Crippen MR) is 67.1 cm³/mol. The molecular weight excluding hydrogens is 215 g/mol. The molecule has 0 aliphatic rings. The lowest BCUT2D eigenvalue weighted by Crippen LogP contribution is -2.33. The first-order chi connectivity index (χ1) is 8.22. The molecular formula is C13H11BO3. The standard InChI is InChI=1S/C13H11BO3/c15-9-12-7-6-11(8-13(12)14(16)17)10-4-2-1-3-5-10/h1-9,16-17H. The van der Waals surface area contributed by atoms with Gasteiger partial charge in [0.05, 0.1) is 0 Å². The van der Waals surface area contributed by atoms with Gasteiger partial charge in [-0.05, 0) is 16.6 Å². The van der Waals surface area contributed by atoms with Crippen molar-refractivity contribution >= 4 is 18.9 Å². The third-order valence-corrected chi connectivity index (χ3v) is 2.60. The maximum Gasteiger partial charge on any atom is 0.489 e. The zero-order valence-electron chi connectivity index (χ0n) is 9.08. The molecule has 84 valence electrons. The second kappa shape index (κ2) is 4.95. The van der Waals surface area contributed by atoms with Crippen molar-refractivity contribution in [3.05, 3.63) is 54.1 Å². The number of aldehydes is 1. The second-order valence-corrected chi connectivity index (χ2v) is 3.70. The molecule has 0 spiro atoms. The Kier molecular flexibility index (Phi) is 3.37. The van der Waals surface area contributed by atoms with Gasteiger partial charge < -0.3 is 10.0 Å². The van der Waals surface area contributed by atoms with Crippen molar-refractivity contribution in [1.29, 1.82) is 0 Å². The molecule has 2 aromatic carbocycles. The molecule has 0 amide bonds. The van der Waals surface area contributed by atoms with Gasteiger partial charge in [-0.2, -0.15) is 0 Å². The van der Waals surface area contributed by atoms with Crippen molar-refractivity contribution in [3.63, 3.8) is 0 Å². The van der Waals surface area contributed by atoms with E-state index in [2.05, 4.69) is 0 Å². The highest BCUT2D eigenvalue weighted by molar-refractivity contribution is 6.60. The summed E-state index contributed by atoms with van der Waals surface area (Å²) in [6.07, 6.45) is 0.615. The van der Waals surface area contributed by atoms with Crippen LogP contribution in [-0.2, 0) is 0 Å². The van der Waals surface area contributed by atoms with E-state index >= 15 is 0 Å². The number of hydrogen-bond donors (Lipinski definition) is 2. The number of carbonyl (C=O) groups excluding carboxylic acids is 1. The number of hydrogen-bond acceptors (Lipinski definition) is 3. The maximum absolute atomic E-state index is 10.8. The van der Waals surface area contributed by atoms with Crippen molar-refractivity contribution < 1.29 is 14.8 Å². The van der Waals surface area contributed by atoms with Crippen LogP contribution in [0.3, 0.4) is 0 Å². The van der Waals surface area contributed by atoms with Crippen LogP contribution in [0, 0.1) is 0 Å². The molecule has 0 radical (unpaired) electrons. The fourth-order valence-electron chi connectivity index (χ4n) is 1.72. The van der Waals surface area contributed by atoms with Gasteiger partial charge in [0.15, 0.2) is 0 Å². The molecule has 0 heterocycles. The van der Waals surface area contributed by atoms with Gasteiger partial charge in [0.1, 0.15) is 6.29 Å². The van der Waals surface area contributed by atoms with Crippen LogP contribution in [0.5, 0.6) is 0 Å². The molecule has 0 aliphatic carbocycles. The normalized spacial score (nSPS) is 10.0. The van der Waals surface area contributed by atoms with Gasteiger partial charge in [0.25, 0.3) is 0 Å². The minimum atomic E-state index is -1.64. The fraction of sp³-hybridized carbons (Fsp3) is 0. The van der Waals surface area contributed by atoms with Gasteiger partial charge in [0.2, 0.25) is 0 Å². The quantitative estimate of drug-likeness (QED) is 0.602. The monoisotopic (exact) mass is 226 g/mol. The van der Waals surface area contributed by atoms with Gasteiger partial charge in [0, 0.05) is 5.56 Å². The first-order valence-corrected chi connectivity index (χ1v) is 5.23. The molecule has 0 saturated heterocycles. The van der Waals surface area contributed by atoms with E-state index in [1.807, 2.05) is 30.3 Å². The van der Waals surface area contributed by atoms with Crippen LogP contribution in [0.15, 0.2) is 48.5 Å². The van der Waals surface area contributed by atoms with Crippen LogP contribution >= 0.6 is 0 Å². The van der Waals surface area contributed by atoms with Crippen molar-refractivity contribution in [1.82, 2.24) is 0 Å². The Balaban J connectivity index is 2.51. The van der Waals surface area contributed by atoms with E-state index in [0.29, 0.717) is 11.8 Å². The summed E-state index contributed by atoms with van der Waals surface area (Å²) in [7, 11) is -1.64. The molecule has 0 atom stereocenters. The summed E-state index contributed by atoms with van der Waals surface area (Å²) in [5.41, 5.74) is 2.33. The van der Waals surface area contributed by atoms with Crippen molar-refractivity contribution in [2.24, 2.45) is 0 Å². The third-order valence-electron chi connectivity index (χ3n) is 2.60. The molecule has 2 aromatic rings. The lowest BCUT2D eigenvalue weighted by atomic mass is 9.76. The largest absolute Gasteiger partial charge is 0.489 e. The minimum absolute atomic E-state index is 0.223. The average molecular weight is 226 g/mol. The van der Waals surface area contributed by atoms with Crippen molar-refractivity contribution in [3.8, 4) is 11.1 Å². The van der Waals surface area contributed by atoms with Gasteiger partial charge in [-0.15, -0.1) is 0 Å². The molecule has 17 heavy (non-hydrogen) atoms. The van der Waals surface area contributed by atoms with Gasteiger partial charge in [-0.25, -0.2) is 0 Å². The number of benzene rings is 2. The van der Waals surface area contributed by atoms with Crippen molar-refractivity contribution in [2.45, 2.75) is 0 Å². The van der Waals surface area contributed by atoms with Crippen LogP contribution in [-0.4, -0.2) is 23.5 Å². The Morgan fingerprint density at radius 1 is 0.941 bits per heavy atom. The molecule has 0 fully saturated rings. The summed E-state index contributed by atoms with van der Waals surface area (Å²) in [4.78, 5) is 10.8. The third kappa shape index (κ3) is 2.44. The fourth-order valence-corrected chi connectivity index (χ4v) is 1.72. The summed E-state index contributed by atoms with van der Waals surface area (Å²) in [6, 6.07) is 14.5. The molecule has 0 unspecified atom stereocenters. The number of rotatable bonds is 3. The van der Waals surface area contributed by atoms with Gasteiger partial charge in [-0.3, -0.25) is 4.79 Å². The Labute approximate surface area is 99.5 Å². The van der Waals surface area contributed by atoms with Crippen LogP contribution < -0.4 is 5.46 Å². The zero-order valence-corrected chi connectivity index (χ0v) is 9.08. The average Bonchev–Trinajstić information content (AvgIpc) is 2.39. The van der Waals surface area contributed by atoms with E-state index in [9.17, 15) is 14.8 Å². The highest BCUT2D eigenvalue weighted by atomic mass is 16.4. The highest BCUT2D eigenvalue weighted by Gasteiger charge is 2.16. The first kappa shape index (κ1) is 11.6. The van der Waals surface area contributed by atoms with Crippen LogP contribution in [0.4, 0.5) is 0 Å². The lowest BCUT2D eigenvalue weighted by molar-refractivity contribution is 0.112. The summed E-state index contributed by atoms with van der Waals surface area (Å²) < 4.78 is 0. The molecule has 0 aliphatic heterocycles. The van der Waals surface area contributed by atoms with E-state index in [0.717, 1.165) is 11.1 Å². The molecule has 4 heteroatoms. The lowest BCUT2D eigenvalue weighted by Gasteiger charge is -2.07. The Morgan fingerprint density at radius 2 is 1.65 bits per heavy atom. The molecule has 0 saturated carbocycles. The highest BCUT2D eigenvalue weighted by Crippen LogP contribution is 2.18. The Hall–Kier alpha value is -1.91. The van der Waals surface area contributed by atoms with E-state index in [4.69, 9.17) is 0 Å². The van der Waals surface area contributed by atoms with Gasteiger partial charge in [-0.1, -0.05) is 48.5 Å². The minimum Gasteiger partial charge on any atom is -0.423 e. The van der Waals surface area contributed by atoms with Crippen LogP contribution in [0.2, 0.25) is 0 Å². The van der Waals surface area contributed by atoms with Gasteiger partial charge >= 0.3 is 7.12 Å². The summed E-state index contributed by atoms with van der Waals surface area (Å²) in [5, 5.41) is 18.4. The summed E-state index contributed by atoms with van der Waals surface area (Å²) >= 11 is 0. The smallest absolute Gasteiger partial charge is 0.423 e. The zero-order chi connectivity index (χ0) is 12.3. The first-order valence-electron chi connectivity index (χ1n) is 5.23. The molecule has 2 N–H and O–H groups in total. The summed E-state index contributed by atoms with van der Waals surface area (Å²) in [5.74, 6) is 0. The Morgan fingerprint density at radius 3 is 2.24 bits per heavy atom. The molecule has 2 rings (SSSR count). The van der Waals surface area contributed by atoms with E-state index in [1.54, 1.807) is 18.2 Å².